The third kappa shape index (κ3) is 3.01. The molecule has 0 aromatic heterocycles. The maximum Gasteiger partial charge on any atom is 0.384 e. The normalized spacial score (nSPS) is 8.88. The van der Waals surface area contributed by atoms with Crippen molar-refractivity contribution in [2.75, 3.05) is 7.11 Å². The van der Waals surface area contributed by atoms with Gasteiger partial charge >= 0.3 is 11.9 Å². The fourth-order valence-corrected chi connectivity index (χ4v) is 1.14. The SMILES string of the molecule is COC(=O)C#Cc1ccc(Cl)cc1C(=O)O. The highest BCUT2D eigenvalue weighted by atomic mass is 35.5. The van der Waals surface area contributed by atoms with Crippen LogP contribution >= 0.6 is 11.6 Å². The van der Waals surface area contributed by atoms with Crippen LogP contribution in [0.1, 0.15) is 15.9 Å². The van der Waals surface area contributed by atoms with Crippen LogP contribution in [0.25, 0.3) is 0 Å². The van der Waals surface area contributed by atoms with Gasteiger partial charge in [-0.1, -0.05) is 17.5 Å². The van der Waals surface area contributed by atoms with Crippen LogP contribution in [0.15, 0.2) is 18.2 Å². The number of carbonyl (C=O) groups excluding carboxylic acids is 1. The smallest absolute Gasteiger partial charge is 0.384 e. The van der Waals surface area contributed by atoms with Crippen LogP contribution in [0.2, 0.25) is 5.02 Å². The van der Waals surface area contributed by atoms with Crippen LogP contribution in [0.5, 0.6) is 0 Å². The average molecular weight is 239 g/mol. The van der Waals surface area contributed by atoms with Crippen molar-refractivity contribution in [3.63, 3.8) is 0 Å². The van der Waals surface area contributed by atoms with Gasteiger partial charge in [-0.3, -0.25) is 0 Å². The lowest BCUT2D eigenvalue weighted by Gasteiger charge is -1.99. The lowest BCUT2D eigenvalue weighted by molar-refractivity contribution is -0.133. The molecule has 1 aromatic carbocycles. The number of esters is 1. The summed E-state index contributed by atoms with van der Waals surface area (Å²) in [5.41, 5.74) is 0.159. The zero-order valence-corrected chi connectivity index (χ0v) is 9.04. The largest absolute Gasteiger partial charge is 0.478 e. The lowest BCUT2D eigenvalue weighted by Crippen LogP contribution is -2.01. The molecule has 1 rings (SSSR count). The van der Waals surface area contributed by atoms with Crippen molar-refractivity contribution in [3.05, 3.63) is 34.3 Å². The van der Waals surface area contributed by atoms with Crippen LogP contribution in [-0.2, 0) is 9.53 Å². The van der Waals surface area contributed by atoms with E-state index in [0.717, 1.165) is 0 Å². The molecule has 16 heavy (non-hydrogen) atoms. The first-order chi connectivity index (χ1) is 7.54. The van der Waals surface area contributed by atoms with Crippen molar-refractivity contribution in [1.82, 2.24) is 0 Å². The Hall–Kier alpha value is -1.99. The summed E-state index contributed by atoms with van der Waals surface area (Å²) >= 11 is 5.65. The van der Waals surface area contributed by atoms with Crippen LogP contribution in [0.3, 0.4) is 0 Å². The maximum absolute atomic E-state index is 10.8. The van der Waals surface area contributed by atoms with Crippen LogP contribution in [0.4, 0.5) is 0 Å². The Labute approximate surface area is 96.8 Å². The molecule has 0 spiro atoms. The third-order valence-corrected chi connectivity index (χ3v) is 1.93. The predicted molar refractivity (Wildman–Crippen MR) is 57.3 cm³/mol. The van der Waals surface area contributed by atoms with Crippen molar-refractivity contribution in [2.45, 2.75) is 0 Å². The van der Waals surface area contributed by atoms with Gasteiger partial charge in [-0.05, 0) is 18.2 Å². The molecule has 82 valence electrons. The minimum Gasteiger partial charge on any atom is -0.478 e. The van der Waals surface area contributed by atoms with Crippen LogP contribution < -0.4 is 0 Å². The number of ether oxygens (including phenoxy) is 1. The molecule has 0 unspecified atom stereocenters. The van der Waals surface area contributed by atoms with Gasteiger partial charge in [-0.2, -0.15) is 0 Å². The fourth-order valence-electron chi connectivity index (χ4n) is 0.972. The summed E-state index contributed by atoms with van der Waals surface area (Å²) in [6.07, 6.45) is 0. The third-order valence-electron chi connectivity index (χ3n) is 1.70. The number of aromatic carboxylic acids is 1. The molecular weight excluding hydrogens is 232 g/mol. The van der Waals surface area contributed by atoms with E-state index in [1.807, 2.05) is 0 Å². The molecule has 0 atom stereocenters. The van der Waals surface area contributed by atoms with Gasteiger partial charge in [0.15, 0.2) is 0 Å². The molecule has 0 saturated carbocycles. The van der Waals surface area contributed by atoms with Crippen molar-refractivity contribution in [1.29, 1.82) is 0 Å². The van der Waals surface area contributed by atoms with E-state index in [9.17, 15) is 9.59 Å². The standard InChI is InChI=1S/C11H7ClO4/c1-16-10(13)5-3-7-2-4-8(12)6-9(7)11(14)15/h2,4,6H,1H3,(H,14,15). The molecule has 1 aromatic rings. The lowest BCUT2D eigenvalue weighted by atomic mass is 10.1. The number of carboxylic acids is 1. The summed E-state index contributed by atoms with van der Waals surface area (Å²) in [5, 5.41) is 9.16. The molecule has 0 heterocycles. The predicted octanol–water partition coefficient (Wildman–Crippen LogP) is 1.56. The van der Waals surface area contributed by atoms with Gasteiger partial charge in [0.1, 0.15) is 0 Å². The minimum absolute atomic E-state index is 0.0519. The summed E-state index contributed by atoms with van der Waals surface area (Å²) in [7, 11) is 1.19. The molecule has 4 nitrogen and oxygen atoms in total. The van der Waals surface area contributed by atoms with Gasteiger partial charge in [0.05, 0.1) is 12.7 Å². The monoisotopic (exact) mass is 238 g/mol. The Morgan fingerprint density at radius 1 is 1.44 bits per heavy atom. The van der Waals surface area contributed by atoms with Gasteiger partial charge < -0.3 is 9.84 Å². The second-order valence-electron chi connectivity index (χ2n) is 2.74. The number of halogens is 1. The number of hydrogen-bond acceptors (Lipinski definition) is 3. The van der Waals surface area contributed by atoms with Crippen molar-refractivity contribution in [2.24, 2.45) is 0 Å². The van der Waals surface area contributed by atoms with Crippen molar-refractivity contribution >= 4 is 23.5 Å². The number of carbonyl (C=O) groups is 2. The Morgan fingerprint density at radius 3 is 2.69 bits per heavy atom. The molecule has 1 N–H and O–H groups in total. The topological polar surface area (TPSA) is 63.6 Å². The Bertz CT molecular complexity index is 496. The summed E-state index contributed by atoms with van der Waals surface area (Å²) in [6, 6.07) is 4.20. The first-order valence-corrected chi connectivity index (χ1v) is 4.55. The number of rotatable bonds is 1. The van der Waals surface area contributed by atoms with E-state index in [0.29, 0.717) is 5.02 Å². The van der Waals surface area contributed by atoms with E-state index < -0.39 is 11.9 Å². The molecule has 0 fully saturated rings. The highest BCUT2D eigenvalue weighted by Crippen LogP contribution is 2.15. The number of hydrogen-bond donors (Lipinski definition) is 1. The second kappa shape index (κ2) is 5.19. The van der Waals surface area contributed by atoms with Crippen LogP contribution in [0, 0.1) is 11.8 Å². The maximum atomic E-state index is 10.8. The van der Waals surface area contributed by atoms with E-state index >= 15 is 0 Å². The summed E-state index contributed by atoms with van der Waals surface area (Å²) in [6.45, 7) is 0. The quantitative estimate of drug-likeness (QED) is 0.596. The van der Waals surface area contributed by atoms with E-state index in [2.05, 4.69) is 16.6 Å². The first-order valence-electron chi connectivity index (χ1n) is 4.17. The molecule has 0 radical (unpaired) electrons. The average Bonchev–Trinajstić information content (AvgIpc) is 2.26. The number of methoxy groups -OCH3 is 1. The zero-order valence-electron chi connectivity index (χ0n) is 8.28. The highest BCUT2D eigenvalue weighted by molar-refractivity contribution is 6.31. The fraction of sp³-hybridized carbons (Fsp3) is 0.0909. The molecule has 0 aliphatic heterocycles. The van der Waals surface area contributed by atoms with Crippen LogP contribution in [-0.4, -0.2) is 24.2 Å². The van der Waals surface area contributed by atoms with Gasteiger partial charge in [-0.25, -0.2) is 9.59 Å². The van der Waals surface area contributed by atoms with E-state index in [-0.39, 0.29) is 11.1 Å². The molecule has 0 bridgehead atoms. The second-order valence-corrected chi connectivity index (χ2v) is 3.17. The summed E-state index contributed by atoms with van der Waals surface area (Å²) in [4.78, 5) is 21.6. The van der Waals surface area contributed by atoms with E-state index in [1.165, 1.54) is 25.3 Å². The molecule has 5 heteroatoms. The van der Waals surface area contributed by atoms with E-state index in [1.54, 1.807) is 0 Å². The van der Waals surface area contributed by atoms with Crippen molar-refractivity contribution in [3.8, 4) is 11.8 Å². The molecule has 0 saturated heterocycles. The Balaban J connectivity index is 3.17. The Kier molecular flexibility index (Phi) is 3.92. The van der Waals surface area contributed by atoms with Gasteiger partial charge in [0, 0.05) is 16.5 Å². The minimum atomic E-state index is -1.16. The Morgan fingerprint density at radius 2 is 2.12 bits per heavy atom. The highest BCUT2D eigenvalue weighted by Gasteiger charge is 2.08. The molecule has 0 aliphatic rings. The molecule has 0 aliphatic carbocycles. The number of benzene rings is 1. The van der Waals surface area contributed by atoms with Crippen molar-refractivity contribution < 1.29 is 19.4 Å². The summed E-state index contributed by atoms with van der Waals surface area (Å²) in [5.74, 6) is 2.67. The molecule has 0 amide bonds. The van der Waals surface area contributed by atoms with Gasteiger partial charge in [-0.15, -0.1) is 0 Å². The van der Waals surface area contributed by atoms with Gasteiger partial charge in [0.2, 0.25) is 0 Å². The summed E-state index contributed by atoms with van der Waals surface area (Å²) < 4.78 is 4.31. The van der Waals surface area contributed by atoms with Gasteiger partial charge in [0.25, 0.3) is 0 Å². The van der Waals surface area contributed by atoms with E-state index in [4.69, 9.17) is 16.7 Å². The molecular formula is C11H7ClO4. The first kappa shape index (κ1) is 12.1. The zero-order chi connectivity index (χ0) is 12.1. The number of carboxylic acid groups (broad SMARTS) is 1.